The van der Waals surface area contributed by atoms with Crippen LogP contribution in [-0.2, 0) is 0 Å². The van der Waals surface area contributed by atoms with Crippen molar-refractivity contribution in [1.82, 2.24) is 4.98 Å². The Bertz CT molecular complexity index is 358. The molecule has 0 saturated carbocycles. The number of hydrogen-bond acceptors (Lipinski definition) is 2. The van der Waals surface area contributed by atoms with Crippen molar-refractivity contribution in [2.24, 2.45) is 0 Å². The van der Waals surface area contributed by atoms with Crippen LogP contribution in [-0.4, -0.2) is 10.1 Å². The van der Waals surface area contributed by atoms with E-state index in [0.29, 0.717) is 0 Å². The summed E-state index contributed by atoms with van der Waals surface area (Å²) in [7, 11) is 0. The zero-order valence-electron chi connectivity index (χ0n) is 10.8. The first-order valence-corrected chi connectivity index (χ1v) is 8.22. The Morgan fingerprint density at radius 1 is 1.17 bits per heavy atom. The lowest BCUT2D eigenvalue weighted by Crippen LogP contribution is -2.01. The molecule has 0 aliphatic heterocycles. The Morgan fingerprint density at radius 2 is 1.83 bits per heavy atom. The van der Waals surface area contributed by atoms with Crippen molar-refractivity contribution < 1.29 is 5.11 Å². The molecule has 2 nitrogen and oxygen atoms in total. The highest BCUT2D eigenvalue weighted by Gasteiger charge is 2.12. The normalized spacial score (nSPS) is 12.7. The molecule has 1 atom stereocenters. The van der Waals surface area contributed by atoms with Crippen LogP contribution in [0.15, 0.2) is 21.2 Å². The van der Waals surface area contributed by atoms with Crippen molar-refractivity contribution in [2.75, 3.05) is 0 Å². The summed E-state index contributed by atoms with van der Waals surface area (Å²) in [6, 6.07) is 1.92. The third kappa shape index (κ3) is 5.81. The van der Waals surface area contributed by atoms with E-state index in [4.69, 9.17) is 0 Å². The van der Waals surface area contributed by atoms with E-state index >= 15 is 0 Å². The maximum atomic E-state index is 10.1. The molecule has 0 bridgehead atoms. The summed E-state index contributed by atoms with van der Waals surface area (Å²) >= 11 is 6.80. The van der Waals surface area contributed by atoms with Crippen LogP contribution in [0.25, 0.3) is 0 Å². The maximum absolute atomic E-state index is 10.1. The van der Waals surface area contributed by atoms with Crippen molar-refractivity contribution in [2.45, 2.75) is 58.0 Å². The van der Waals surface area contributed by atoms with Gasteiger partial charge in [0.05, 0.1) is 11.8 Å². The minimum Gasteiger partial charge on any atom is -0.387 e. The molecule has 0 radical (unpaired) electrons. The van der Waals surface area contributed by atoms with Crippen molar-refractivity contribution in [3.8, 4) is 0 Å². The number of aliphatic hydroxyl groups is 1. The largest absolute Gasteiger partial charge is 0.387 e. The molecule has 0 aromatic carbocycles. The molecule has 0 spiro atoms. The molecule has 102 valence electrons. The van der Waals surface area contributed by atoms with Gasteiger partial charge in [0, 0.05) is 15.1 Å². The third-order valence-electron chi connectivity index (χ3n) is 2.98. The summed E-state index contributed by atoms with van der Waals surface area (Å²) in [5.41, 5.74) is 0.742. The predicted octanol–water partition coefficient (Wildman–Crippen LogP) is 5.39. The average molecular weight is 379 g/mol. The van der Waals surface area contributed by atoms with Gasteiger partial charge in [-0.2, -0.15) is 0 Å². The monoisotopic (exact) mass is 377 g/mol. The number of unbranched alkanes of at least 4 members (excludes halogenated alkanes) is 5. The van der Waals surface area contributed by atoms with Crippen LogP contribution in [0.2, 0.25) is 0 Å². The van der Waals surface area contributed by atoms with Crippen LogP contribution in [0.4, 0.5) is 0 Å². The SMILES string of the molecule is CCCCCCCCC(O)c1ncc(Br)cc1Br. The third-order valence-corrected chi connectivity index (χ3v) is 4.05. The molecule has 0 aliphatic rings. The van der Waals surface area contributed by atoms with Crippen molar-refractivity contribution >= 4 is 31.9 Å². The van der Waals surface area contributed by atoms with Crippen LogP contribution in [0, 0.1) is 0 Å². The lowest BCUT2D eigenvalue weighted by Gasteiger charge is -2.11. The Balaban J connectivity index is 2.29. The number of aromatic nitrogens is 1. The lowest BCUT2D eigenvalue weighted by atomic mass is 10.1. The van der Waals surface area contributed by atoms with Gasteiger partial charge in [0.15, 0.2) is 0 Å². The van der Waals surface area contributed by atoms with Gasteiger partial charge in [-0.25, -0.2) is 0 Å². The summed E-state index contributed by atoms with van der Waals surface area (Å²) in [6.45, 7) is 2.22. The summed E-state index contributed by atoms with van der Waals surface area (Å²) in [5, 5.41) is 10.1. The molecule has 1 rings (SSSR count). The molecule has 1 aromatic heterocycles. The second-order valence-electron chi connectivity index (χ2n) is 4.59. The quantitative estimate of drug-likeness (QED) is 0.615. The first-order chi connectivity index (χ1) is 8.65. The summed E-state index contributed by atoms with van der Waals surface area (Å²) < 4.78 is 1.79. The van der Waals surface area contributed by atoms with Gasteiger partial charge < -0.3 is 5.11 Å². The number of pyridine rings is 1. The van der Waals surface area contributed by atoms with Crippen LogP contribution in [0.3, 0.4) is 0 Å². The second-order valence-corrected chi connectivity index (χ2v) is 6.36. The molecule has 0 fully saturated rings. The Hall–Kier alpha value is 0.0700. The van der Waals surface area contributed by atoms with Crippen molar-refractivity contribution in [3.63, 3.8) is 0 Å². The van der Waals surface area contributed by atoms with Crippen LogP contribution >= 0.6 is 31.9 Å². The second kappa shape index (κ2) is 9.05. The van der Waals surface area contributed by atoms with Crippen molar-refractivity contribution in [1.29, 1.82) is 0 Å². The lowest BCUT2D eigenvalue weighted by molar-refractivity contribution is 0.158. The Morgan fingerprint density at radius 3 is 2.50 bits per heavy atom. The molecule has 18 heavy (non-hydrogen) atoms. The zero-order chi connectivity index (χ0) is 13.4. The minimum atomic E-state index is -0.460. The molecular formula is C14H21Br2NO. The molecule has 1 N–H and O–H groups in total. The van der Waals surface area contributed by atoms with E-state index < -0.39 is 6.10 Å². The smallest absolute Gasteiger partial charge is 0.0971 e. The fourth-order valence-electron chi connectivity index (χ4n) is 1.93. The molecule has 4 heteroatoms. The van der Waals surface area contributed by atoms with Gasteiger partial charge in [0.2, 0.25) is 0 Å². The molecule has 0 saturated heterocycles. The Labute approximate surface area is 126 Å². The van der Waals surface area contributed by atoms with Gasteiger partial charge in [0.25, 0.3) is 0 Å². The topological polar surface area (TPSA) is 33.1 Å². The highest BCUT2D eigenvalue weighted by Crippen LogP contribution is 2.27. The summed E-state index contributed by atoms with van der Waals surface area (Å²) in [6.07, 6.45) is 9.51. The average Bonchev–Trinajstić information content (AvgIpc) is 2.33. The highest BCUT2D eigenvalue weighted by atomic mass is 79.9. The van der Waals surface area contributed by atoms with Gasteiger partial charge >= 0.3 is 0 Å². The van der Waals surface area contributed by atoms with Gasteiger partial charge in [-0.3, -0.25) is 4.98 Å². The molecule has 1 heterocycles. The maximum Gasteiger partial charge on any atom is 0.0971 e. The van der Waals surface area contributed by atoms with E-state index in [9.17, 15) is 5.11 Å². The van der Waals surface area contributed by atoms with E-state index in [-0.39, 0.29) is 0 Å². The number of rotatable bonds is 8. The van der Waals surface area contributed by atoms with Gasteiger partial charge in [0.1, 0.15) is 0 Å². The fourth-order valence-corrected chi connectivity index (χ4v) is 3.18. The molecule has 1 aromatic rings. The summed E-state index contributed by atoms with van der Waals surface area (Å²) in [4.78, 5) is 4.26. The van der Waals surface area contributed by atoms with E-state index in [2.05, 4.69) is 43.8 Å². The number of aliphatic hydroxyl groups excluding tert-OH is 1. The highest BCUT2D eigenvalue weighted by molar-refractivity contribution is 9.11. The number of nitrogens with zero attached hydrogens (tertiary/aromatic N) is 1. The standard InChI is InChI=1S/C14H21Br2NO/c1-2-3-4-5-6-7-8-13(18)14-12(16)9-11(15)10-17-14/h9-10,13,18H,2-8H2,1H3. The Kier molecular flexibility index (Phi) is 8.11. The molecule has 0 aliphatic carbocycles. The summed E-state index contributed by atoms with van der Waals surface area (Å²) in [5.74, 6) is 0. The molecular weight excluding hydrogens is 358 g/mol. The van der Waals surface area contributed by atoms with Gasteiger partial charge in [-0.15, -0.1) is 0 Å². The minimum absolute atomic E-state index is 0.460. The molecule has 1 unspecified atom stereocenters. The van der Waals surface area contributed by atoms with Crippen LogP contribution < -0.4 is 0 Å². The van der Waals surface area contributed by atoms with E-state index in [0.717, 1.165) is 27.5 Å². The van der Waals surface area contributed by atoms with E-state index in [1.165, 1.54) is 32.1 Å². The zero-order valence-corrected chi connectivity index (χ0v) is 14.0. The fraction of sp³-hybridized carbons (Fsp3) is 0.643. The predicted molar refractivity (Wildman–Crippen MR) is 82.6 cm³/mol. The van der Waals surface area contributed by atoms with E-state index in [1.54, 1.807) is 6.20 Å². The van der Waals surface area contributed by atoms with Crippen molar-refractivity contribution in [3.05, 3.63) is 26.9 Å². The van der Waals surface area contributed by atoms with Crippen LogP contribution in [0.1, 0.15) is 63.7 Å². The van der Waals surface area contributed by atoms with E-state index in [1.807, 2.05) is 6.07 Å². The first-order valence-electron chi connectivity index (χ1n) is 6.64. The number of halogens is 2. The van der Waals surface area contributed by atoms with Gasteiger partial charge in [-0.1, -0.05) is 45.4 Å². The first kappa shape index (κ1) is 16.1. The number of hydrogen-bond donors (Lipinski definition) is 1. The van der Waals surface area contributed by atoms with Gasteiger partial charge in [-0.05, 0) is 44.3 Å². The van der Waals surface area contributed by atoms with Crippen LogP contribution in [0.5, 0.6) is 0 Å². The molecule has 0 amide bonds.